The van der Waals surface area contributed by atoms with Gasteiger partial charge in [-0.05, 0) is 44.5 Å². The summed E-state index contributed by atoms with van der Waals surface area (Å²) in [5.41, 5.74) is 5.90. The van der Waals surface area contributed by atoms with Crippen molar-refractivity contribution >= 4 is 33.5 Å². The van der Waals surface area contributed by atoms with Crippen molar-refractivity contribution < 1.29 is 9.53 Å². The molecule has 1 unspecified atom stereocenters. The first-order valence-corrected chi connectivity index (χ1v) is 6.30. The summed E-state index contributed by atoms with van der Waals surface area (Å²) in [5, 5.41) is 0.522. The van der Waals surface area contributed by atoms with Crippen molar-refractivity contribution in [1.29, 1.82) is 0 Å². The van der Waals surface area contributed by atoms with E-state index in [4.69, 9.17) is 22.1 Å². The molecule has 3 nitrogen and oxygen atoms in total. The van der Waals surface area contributed by atoms with Gasteiger partial charge in [-0.15, -0.1) is 0 Å². The van der Waals surface area contributed by atoms with Crippen LogP contribution in [0.25, 0.3) is 0 Å². The summed E-state index contributed by atoms with van der Waals surface area (Å²) in [6, 6.07) is 4.30. The van der Waals surface area contributed by atoms with E-state index in [1.165, 1.54) is 0 Å². The van der Waals surface area contributed by atoms with E-state index in [9.17, 15) is 4.79 Å². The molecule has 1 atom stereocenters. The second-order valence-electron chi connectivity index (χ2n) is 4.71. The first-order chi connectivity index (χ1) is 7.69. The molecule has 0 aliphatic rings. The van der Waals surface area contributed by atoms with Gasteiger partial charge in [0, 0.05) is 9.50 Å². The van der Waals surface area contributed by atoms with Crippen molar-refractivity contribution in [3.8, 4) is 0 Å². The van der Waals surface area contributed by atoms with Crippen molar-refractivity contribution in [3.63, 3.8) is 0 Å². The minimum absolute atomic E-state index is 0.466. The first-order valence-electron chi connectivity index (χ1n) is 5.13. The Balaban J connectivity index is 2.89. The van der Waals surface area contributed by atoms with Gasteiger partial charge in [0.15, 0.2) is 0 Å². The lowest BCUT2D eigenvalue weighted by Crippen LogP contribution is -2.31. The second kappa shape index (κ2) is 5.38. The van der Waals surface area contributed by atoms with Gasteiger partial charge in [0.2, 0.25) is 0 Å². The second-order valence-corrected chi connectivity index (χ2v) is 6.07. The highest BCUT2D eigenvalue weighted by atomic mass is 79.9. The number of rotatable bonds is 2. The predicted molar refractivity (Wildman–Crippen MR) is 71.9 cm³/mol. The molecule has 0 saturated carbocycles. The Bertz CT molecular complexity index is 409. The molecule has 2 N–H and O–H groups in total. The van der Waals surface area contributed by atoms with Gasteiger partial charge in [0.25, 0.3) is 0 Å². The minimum atomic E-state index is -0.829. The molecule has 0 aromatic heterocycles. The number of carbonyl (C=O) groups is 1. The van der Waals surface area contributed by atoms with Gasteiger partial charge in [-0.1, -0.05) is 27.5 Å². The lowest BCUT2D eigenvalue weighted by molar-refractivity contribution is -0.156. The molecular formula is C12H15BrClNO2. The van der Waals surface area contributed by atoms with Gasteiger partial charge >= 0.3 is 5.97 Å². The van der Waals surface area contributed by atoms with Crippen LogP contribution < -0.4 is 5.73 Å². The smallest absolute Gasteiger partial charge is 0.328 e. The van der Waals surface area contributed by atoms with Gasteiger partial charge in [0.1, 0.15) is 11.6 Å². The Morgan fingerprint density at radius 3 is 2.47 bits per heavy atom. The Morgan fingerprint density at radius 2 is 2.00 bits per heavy atom. The molecule has 0 fully saturated rings. The van der Waals surface area contributed by atoms with E-state index in [2.05, 4.69) is 15.9 Å². The molecule has 1 aromatic rings. The van der Waals surface area contributed by atoms with E-state index in [1.54, 1.807) is 39.0 Å². The number of hydrogen-bond donors (Lipinski definition) is 1. The number of nitrogens with two attached hydrogens (primary N) is 1. The van der Waals surface area contributed by atoms with E-state index in [0.29, 0.717) is 10.6 Å². The third kappa shape index (κ3) is 4.66. The molecule has 0 radical (unpaired) electrons. The van der Waals surface area contributed by atoms with Crippen LogP contribution in [-0.2, 0) is 9.53 Å². The highest BCUT2D eigenvalue weighted by molar-refractivity contribution is 9.10. The summed E-state index contributed by atoms with van der Waals surface area (Å²) in [7, 11) is 0. The summed E-state index contributed by atoms with van der Waals surface area (Å²) in [4.78, 5) is 11.8. The zero-order valence-electron chi connectivity index (χ0n) is 9.96. The Labute approximate surface area is 114 Å². The van der Waals surface area contributed by atoms with E-state index in [0.717, 1.165) is 4.47 Å². The molecule has 0 saturated heterocycles. The molecule has 1 rings (SSSR count). The summed E-state index contributed by atoms with van der Waals surface area (Å²) < 4.78 is 5.99. The number of esters is 1. The van der Waals surface area contributed by atoms with Crippen LogP contribution in [0.4, 0.5) is 0 Å². The average Bonchev–Trinajstić information content (AvgIpc) is 2.12. The zero-order valence-corrected chi connectivity index (χ0v) is 12.3. The SMILES string of the molecule is CC(C)(C)OC(=O)C(N)c1cc(Cl)cc(Br)c1. The van der Waals surface area contributed by atoms with Crippen LogP contribution in [0, 0.1) is 0 Å². The molecule has 1 aromatic carbocycles. The normalized spacial score (nSPS) is 13.3. The van der Waals surface area contributed by atoms with E-state index in [1.807, 2.05) is 0 Å². The maximum absolute atomic E-state index is 11.8. The summed E-state index contributed by atoms with van der Waals surface area (Å²) in [5.74, 6) is -0.466. The Kier molecular flexibility index (Phi) is 4.58. The molecule has 5 heteroatoms. The first kappa shape index (κ1) is 14.5. The molecule has 0 bridgehead atoms. The molecule has 0 aliphatic heterocycles. The maximum Gasteiger partial charge on any atom is 0.328 e. The molecule has 0 spiro atoms. The number of hydrogen-bond acceptors (Lipinski definition) is 3. The summed E-state index contributed by atoms with van der Waals surface area (Å²) in [6.45, 7) is 5.39. The van der Waals surface area contributed by atoms with Gasteiger partial charge < -0.3 is 10.5 Å². The number of benzene rings is 1. The van der Waals surface area contributed by atoms with Crippen molar-refractivity contribution in [1.82, 2.24) is 0 Å². The minimum Gasteiger partial charge on any atom is -0.459 e. The Morgan fingerprint density at radius 1 is 1.41 bits per heavy atom. The van der Waals surface area contributed by atoms with Crippen molar-refractivity contribution in [3.05, 3.63) is 33.3 Å². The van der Waals surface area contributed by atoms with Crippen LogP contribution in [0.5, 0.6) is 0 Å². The molecule has 94 valence electrons. The average molecular weight is 321 g/mol. The fraction of sp³-hybridized carbons (Fsp3) is 0.417. The van der Waals surface area contributed by atoms with Crippen molar-refractivity contribution in [2.75, 3.05) is 0 Å². The largest absolute Gasteiger partial charge is 0.459 e. The standard InChI is InChI=1S/C12H15BrClNO2/c1-12(2,3)17-11(16)10(15)7-4-8(13)6-9(14)5-7/h4-6,10H,15H2,1-3H3. The van der Waals surface area contributed by atoms with E-state index in [-0.39, 0.29) is 0 Å². The van der Waals surface area contributed by atoms with Gasteiger partial charge in [0.05, 0.1) is 0 Å². The molecule has 17 heavy (non-hydrogen) atoms. The van der Waals surface area contributed by atoms with Crippen LogP contribution >= 0.6 is 27.5 Å². The molecule has 0 aliphatic carbocycles. The monoisotopic (exact) mass is 319 g/mol. The van der Waals surface area contributed by atoms with Crippen LogP contribution in [0.1, 0.15) is 32.4 Å². The molecular weight excluding hydrogens is 305 g/mol. The van der Waals surface area contributed by atoms with Crippen LogP contribution in [-0.4, -0.2) is 11.6 Å². The fourth-order valence-corrected chi connectivity index (χ4v) is 2.14. The van der Waals surface area contributed by atoms with E-state index < -0.39 is 17.6 Å². The summed E-state index contributed by atoms with van der Waals surface area (Å²) >= 11 is 9.19. The quantitative estimate of drug-likeness (QED) is 0.849. The zero-order chi connectivity index (χ0) is 13.2. The Hall–Kier alpha value is -0.580. The van der Waals surface area contributed by atoms with Crippen molar-refractivity contribution in [2.45, 2.75) is 32.4 Å². The third-order valence-electron chi connectivity index (χ3n) is 1.90. The predicted octanol–water partition coefficient (Wildman–Crippen LogP) is 3.44. The number of ether oxygens (including phenoxy) is 1. The highest BCUT2D eigenvalue weighted by Crippen LogP contribution is 2.24. The molecule has 0 heterocycles. The van der Waals surface area contributed by atoms with Crippen LogP contribution in [0.3, 0.4) is 0 Å². The van der Waals surface area contributed by atoms with Crippen LogP contribution in [0.2, 0.25) is 5.02 Å². The van der Waals surface area contributed by atoms with Crippen LogP contribution in [0.15, 0.2) is 22.7 Å². The molecule has 0 amide bonds. The van der Waals surface area contributed by atoms with Gasteiger partial charge in [-0.25, -0.2) is 4.79 Å². The van der Waals surface area contributed by atoms with Gasteiger partial charge in [-0.2, -0.15) is 0 Å². The highest BCUT2D eigenvalue weighted by Gasteiger charge is 2.23. The maximum atomic E-state index is 11.8. The van der Waals surface area contributed by atoms with Gasteiger partial charge in [-0.3, -0.25) is 0 Å². The topological polar surface area (TPSA) is 52.3 Å². The lowest BCUT2D eigenvalue weighted by atomic mass is 10.1. The fourth-order valence-electron chi connectivity index (χ4n) is 1.26. The third-order valence-corrected chi connectivity index (χ3v) is 2.58. The van der Waals surface area contributed by atoms with Crippen molar-refractivity contribution in [2.24, 2.45) is 5.73 Å². The lowest BCUT2D eigenvalue weighted by Gasteiger charge is -2.22. The number of carbonyl (C=O) groups excluding carboxylic acids is 1. The number of halogens is 2. The summed E-state index contributed by atoms with van der Waals surface area (Å²) in [6.07, 6.45) is 0. The van der Waals surface area contributed by atoms with E-state index >= 15 is 0 Å².